The van der Waals surface area contributed by atoms with Gasteiger partial charge < -0.3 is 20.3 Å². The third-order valence-electron chi connectivity index (χ3n) is 7.76. The second kappa shape index (κ2) is 8.05. The van der Waals surface area contributed by atoms with Crippen molar-refractivity contribution in [2.45, 2.75) is 81.7 Å². The summed E-state index contributed by atoms with van der Waals surface area (Å²) in [7, 11) is 0. The Hall–Kier alpha value is -1.21. The van der Waals surface area contributed by atoms with Gasteiger partial charge in [-0.05, 0) is 86.1 Å². The number of nitrogens with two attached hydrogens (primary N) is 1. The Morgan fingerprint density at radius 3 is 2.47 bits per heavy atom. The number of nitrogens with zero attached hydrogens (tertiary/aromatic N) is 1. The molecule has 1 amide bonds. The highest BCUT2D eigenvalue weighted by atomic mass is 32.2. The smallest absolute Gasteiger partial charge is 0.291 e. The molecule has 5 aliphatic carbocycles. The monoisotopic (exact) mass is 433 g/mol. The first-order chi connectivity index (χ1) is 14.4. The van der Waals surface area contributed by atoms with Crippen LogP contribution in [0.1, 0.15) is 75.8 Å². The molecule has 7 heteroatoms. The first-order valence-corrected chi connectivity index (χ1v) is 12.7. The van der Waals surface area contributed by atoms with Crippen molar-refractivity contribution in [1.82, 2.24) is 10.5 Å². The summed E-state index contributed by atoms with van der Waals surface area (Å²) in [4.78, 5) is 14.0. The number of hydrogen-bond donors (Lipinski definition) is 2. The molecule has 5 fully saturated rings. The molecule has 0 aromatic carbocycles. The molecule has 0 saturated heterocycles. The molecule has 6 rings (SSSR count). The summed E-state index contributed by atoms with van der Waals surface area (Å²) in [6, 6.07) is 0.282. The fourth-order valence-corrected chi connectivity index (χ4v) is 7.23. The largest absolute Gasteiger partial charge is 0.473 e. The fraction of sp³-hybridized carbons (Fsp3) is 0.826. The second-order valence-electron chi connectivity index (χ2n) is 10.8. The molecule has 6 nitrogen and oxygen atoms in total. The third-order valence-corrected chi connectivity index (χ3v) is 9.24. The summed E-state index contributed by atoms with van der Waals surface area (Å²) < 4.78 is 11.5. The fourth-order valence-electron chi connectivity index (χ4n) is 6.25. The highest BCUT2D eigenvalue weighted by Crippen LogP contribution is 2.53. The minimum absolute atomic E-state index is 0.132. The van der Waals surface area contributed by atoms with Crippen molar-refractivity contribution in [3.05, 3.63) is 5.76 Å². The summed E-state index contributed by atoms with van der Waals surface area (Å²) in [5.74, 6) is 5.01. The van der Waals surface area contributed by atoms with E-state index in [4.69, 9.17) is 15.0 Å². The van der Waals surface area contributed by atoms with Crippen molar-refractivity contribution in [3.63, 3.8) is 0 Å². The van der Waals surface area contributed by atoms with Gasteiger partial charge in [0.05, 0.1) is 5.54 Å². The number of thioether (sulfide) groups is 1. The zero-order valence-corrected chi connectivity index (χ0v) is 19.0. The molecule has 0 atom stereocenters. The Kier molecular flexibility index (Phi) is 5.55. The van der Waals surface area contributed by atoms with Crippen LogP contribution in [-0.2, 0) is 0 Å². The standard InChI is InChI=1S/C23H35N3O3S/c1-13(2)11-30-20-19(29-26-22(20)28-12-23(24)4-3-5-23)21(27)25-18-16-7-14-6-15(9-16)10-17(18)8-14/h13-18H,3-12,24H2,1-2H3,(H,25,27). The Labute approximate surface area is 183 Å². The molecule has 30 heavy (non-hydrogen) atoms. The average molecular weight is 434 g/mol. The van der Waals surface area contributed by atoms with E-state index in [0.29, 0.717) is 36.0 Å². The number of rotatable bonds is 8. The molecule has 3 N–H and O–H groups in total. The summed E-state index contributed by atoms with van der Waals surface area (Å²) in [6.07, 6.45) is 9.60. The quantitative estimate of drug-likeness (QED) is 0.596. The molecule has 0 radical (unpaired) electrons. The van der Waals surface area contributed by atoms with E-state index in [1.807, 2.05) is 0 Å². The van der Waals surface area contributed by atoms with Crippen molar-refractivity contribution < 1.29 is 14.1 Å². The Morgan fingerprint density at radius 2 is 1.90 bits per heavy atom. The van der Waals surface area contributed by atoms with Crippen LogP contribution in [-0.4, -0.2) is 35.0 Å². The average Bonchev–Trinajstić information content (AvgIpc) is 3.08. The van der Waals surface area contributed by atoms with Crippen molar-refractivity contribution >= 4 is 17.7 Å². The van der Waals surface area contributed by atoms with Crippen molar-refractivity contribution in [3.8, 4) is 5.88 Å². The summed E-state index contributed by atoms with van der Waals surface area (Å²) in [5, 5.41) is 7.47. The number of ether oxygens (including phenoxy) is 1. The van der Waals surface area contributed by atoms with E-state index in [-0.39, 0.29) is 17.5 Å². The number of aromatic nitrogens is 1. The molecule has 5 saturated carbocycles. The van der Waals surface area contributed by atoms with Gasteiger partial charge in [-0.15, -0.1) is 11.8 Å². The molecule has 1 aromatic rings. The lowest BCUT2D eigenvalue weighted by atomic mass is 9.54. The van der Waals surface area contributed by atoms with Crippen LogP contribution in [0.2, 0.25) is 0 Å². The van der Waals surface area contributed by atoms with Crippen LogP contribution in [0.4, 0.5) is 0 Å². The maximum Gasteiger partial charge on any atom is 0.291 e. The van der Waals surface area contributed by atoms with Gasteiger partial charge in [-0.2, -0.15) is 0 Å². The van der Waals surface area contributed by atoms with Gasteiger partial charge >= 0.3 is 0 Å². The zero-order chi connectivity index (χ0) is 20.9. The van der Waals surface area contributed by atoms with E-state index in [9.17, 15) is 4.79 Å². The predicted octanol–water partition coefficient (Wildman–Crippen LogP) is 4.24. The van der Waals surface area contributed by atoms with E-state index in [1.165, 1.54) is 32.1 Å². The number of hydrogen-bond acceptors (Lipinski definition) is 6. The lowest BCUT2D eigenvalue weighted by molar-refractivity contribution is -0.0124. The Morgan fingerprint density at radius 1 is 1.23 bits per heavy atom. The predicted molar refractivity (Wildman–Crippen MR) is 117 cm³/mol. The van der Waals surface area contributed by atoms with Crippen LogP contribution in [0.5, 0.6) is 5.88 Å². The number of carbonyl (C=O) groups excluding carboxylic acids is 1. The van der Waals surface area contributed by atoms with E-state index in [1.54, 1.807) is 11.8 Å². The van der Waals surface area contributed by atoms with Gasteiger partial charge in [0.15, 0.2) is 0 Å². The molecule has 1 aromatic heterocycles. The van der Waals surface area contributed by atoms with Gasteiger partial charge in [-0.25, -0.2) is 0 Å². The normalized spacial score (nSPS) is 33.5. The highest BCUT2D eigenvalue weighted by molar-refractivity contribution is 7.99. The van der Waals surface area contributed by atoms with Crippen LogP contribution in [0.15, 0.2) is 9.42 Å². The minimum atomic E-state index is -0.262. The number of nitrogens with one attached hydrogen (secondary N) is 1. The first kappa shape index (κ1) is 20.7. The molecule has 0 unspecified atom stereocenters. The third kappa shape index (κ3) is 3.99. The summed E-state index contributed by atoms with van der Waals surface area (Å²) >= 11 is 1.60. The Balaban J connectivity index is 1.30. The van der Waals surface area contributed by atoms with Crippen LogP contribution < -0.4 is 15.8 Å². The van der Waals surface area contributed by atoms with Crippen molar-refractivity contribution in [2.24, 2.45) is 35.3 Å². The first-order valence-electron chi connectivity index (χ1n) is 11.8. The molecular formula is C23H35N3O3S. The van der Waals surface area contributed by atoms with Crippen LogP contribution in [0, 0.1) is 29.6 Å². The van der Waals surface area contributed by atoms with Gasteiger partial charge in [0.25, 0.3) is 11.8 Å². The maximum atomic E-state index is 13.2. The van der Waals surface area contributed by atoms with Gasteiger partial charge in [0, 0.05) is 11.8 Å². The molecule has 5 aliphatic rings. The number of carbonyl (C=O) groups is 1. The molecule has 0 spiro atoms. The van der Waals surface area contributed by atoms with E-state index < -0.39 is 0 Å². The SMILES string of the molecule is CC(C)CSc1c(OCC2(N)CCC2)noc1C(=O)NC1C2CC3CC(C2)CC1C3. The second-order valence-corrected chi connectivity index (χ2v) is 11.8. The van der Waals surface area contributed by atoms with E-state index in [2.05, 4.69) is 24.3 Å². The van der Waals surface area contributed by atoms with Gasteiger partial charge in [-0.3, -0.25) is 4.79 Å². The lowest BCUT2D eigenvalue weighted by Gasteiger charge is -2.54. The molecule has 4 bridgehead atoms. The van der Waals surface area contributed by atoms with E-state index >= 15 is 0 Å². The summed E-state index contributed by atoms with van der Waals surface area (Å²) in [6.45, 7) is 4.75. The van der Waals surface area contributed by atoms with Crippen LogP contribution in [0.25, 0.3) is 0 Å². The van der Waals surface area contributed by atoms with Crippen LogP contribution in [0.3, 0.4) is 0 Å². The molecule has 0 aliphatic heterocycles. The van der Waals surface area contributed by atoms with Gasteiger partial charge in [-0.1, -0.05) is 13.8 Å². The highest BCUT2D eigenvalue weighted by Gasteiger charge is 2.49. The van der Waals surface area contributed by atoms with E-state index in [0.717, 1.165) is 41.7 Å². The molecule has 166 valence electrons. The minimum Gasteiger partial charge on any atom is -0.473 e. The topological polar surface area (TPSA) is 90.4 Å². The maximum absolute atomic E-state index is 13.2. The number of amides is 1. The van der Waals surface area contributed by atoms with Crippen molar-refractivity contribution in [1.29, 1.82) is 0 Å². The summed E-state index contributed by atoms with van der Waals surface area (Å²) in [5.41, 5.74) is 6.05. The Bertz CT molecular complexity index is 761. The van der Waals surface area contributed by atoms with Gasteiger partial charge in [0.1, 0.15) is 11.5 Å². The van der Waals surface area contributed by atoms with Gasteiger partial charge in [0.2, 0.25) is 5.76 Å². The van der Waals surface area contributed by atoms with Crippen molar-refractivity contribution in [2.75, 3.05) is 12.4 Å². The molecule has 1 heterocycles. The molecular weight excluding hydrogens is 398 g/mol. The van der Waals surface area contributed by atoms with Crippen LogP contribution >= 0.6 is 11.8 Å². The zero-order valence-electron chi connectivity index (χ0n) is 18.2. The lowest BCUT2D eigenvalue weighted by Crippen LogP contribution is -2.55.